The van der Waals surface area contributed by atoms with Crippen LogP contribution in [0.2, 0.25) is 0 Å². The highest BCUT2D eigenvalue weighted by molar-refractivity contribution is 5.11. The van der Waals surface area contributed by atoms with Gasteiger partial charge in [-0.05, 0) is 32.5 Å². The van der Waals surface area contributed by atoms with E-state index in [4.69, 9.17) is 4.74 Å². The van der Waals surface area contributed by atoms with Crippen LogP contribution in [-0.2, 0) is 0 Å². The van der Waals surface area contributed by atoms with Crippen LogP contribution in [0.5, 0.6) is 5.88 Å². The van der Waals surface area contributed by atoms with Crippen molar-refractivity contribution in [1.82, 2.24) is 14.9 Å². The maximum Gasteiger partial charge on any atom is 0.231 e. The molecule has 1 fully saturated rings. The first-order valence-electron chi connectivity index (χ1n) is 5.91. The van der Waals surface area contributed by atoms with E-state index < -0.39 is 0 Å². The van der Waals surface area contributed by atoms with E-state index >= 15 is 0 Å². The lowest BCUT2D eigenvalue weighted by molar-refractivity contribution is 0.220. The molecule has 0 amide bonds. The first-order chi connectivity index (χ1) is 7.83. The minimum Gasteiger partial charge on any atom is -0.480 e. The summed E-state index contributed by atoms with van der Waals surface area (Å²) in [6, 6.07) is 0. The average Bonchev–Trinajstić information content (AvgIpc) is 2.39. The van der Waals surface area contributed by atoms with E-state index in [-0.39, 0.29) is 0 Å². The van der Waals surface area contributed by atoms with Crippen LogP contribution in [0.25, 0.3) is 0 Å². The number of hydrogen-bond donors (Lipinski definition) is 0. The minimum atomic E-state index is 0.571. The largest absolute Gasteiger partial charge is 0.480 e. The summed E-state index contributed by atoms with van der Waals surface area (Å²) in [4.78, 5) is 11.1. The van der Waals surface area contributed by atoms with E-state index in [1.54, 1.807) is 13.3 Å². The molecule has 0 radical (unpaired) electrons. The molecular formula is C12H19N3O. The summed E-state index contributed by atoms with van der Waals surface area (Å²) in [6.07, 6.45) is 5.94. The summed E-state index contributed by atoms with van der Waals surface area (Å²) in [6.45, 7) is 5.72. The Labute approximate surface area is 96.7 Å². The number of hydrogen-bond acceptors (Lipinski definition) is 4. The fourth-order valence-corrected chi connectivity index (χ4v) is 2.19. The van der Waals surface area contributed by atoms with E-state index in [1.807, 2.05) is 6.20 Å². The third kappa shape index (κ3) is 2.50. The van der Waals surface area contributed by atoms with Crippen molar-refractivity contribution in [3.05, 3.63) is 18.1 Å². The van der Waals surface area contributed by atoms with Crippen LogP contribution >= 0.6 is 0 Å². The molecule has 1 aromatic heterocycles. The Morgan fingerprint density at radius 3 is 2.56 bits per heavy atom. The molecule has 0 spiro atoms. The molecule has 2 heterocycles. The first kappa shape index (κ1) is 11.3. The number of piperidine rings is 1. The van der Waals surface area contributed by atoms with Crippen molar-refractivity contribution in [2.45, 2.75) is 25.7 Å². The summed E-state index contributed by atoms with van der Waals surface area (Å²) in [7, 11) is 1.61. The van der Waals surface area contributed by atoms with E-state index in [1.165, 1.54) is 25.9 Å². The van der Waals surface area contributed by atoms with Crippen LogP contribution in [0.15, 0.2) is 12.4 Å². The van der Waals surface area contributed by atoms with Crippen molar-refractivity contribution in [1.29, 1.82) is 0 Å². The summed E-state index contributed by atoms with van der Waals surface area (Å²) in [5, 5.41) is 0. The molecule has 4 heteroatoms. The van der Waals surface area contributed by atoms with Gasteiger partial charge in [0.25, 0.3) is 0 Å². The Morgan fingerprint density at radius 1 is 1.31 bits per heavy atom. The number of rotatable bonds is 3. The Hall–Kier alpha value is -1.16. The summed E-state index contributed by atoms with van der Waals surface area (Å²) in [5.41, 5.74) is 1.11. The lowest BCUT2D eigenvalue weighted by atomic mass is 9.94. The van der Waals surface area contributed by atoms with Gasteiger partial charge in [-0.2, -0.15) is 0 Å². The van der Waals surface area contributed by atoms with Crippen molar-refractivity contribution in [3.63, 3.8) is 0 Å². The lowest BCUT2D eigenvalue weighted by Crippen LogP contribution is -2.32. The highest BCUT2D eigenvalue weighted by Crippen LogP contribution is 2.26. The second kappa shape index (κ2) is 5.25. The zero-order valence-corrected chi connectivity index (χ0v) is 10.0. The molecule has 2 rings (SSSR count). The molecule has 88 valence electrons. The SMILES string of the molecule is CCN1CCC(c2cnc(OC)cn2)CC1. The van der Waals surface area contributed by atoms with Gasteiger partial charge in [-0.15, -0.1) is 0 Å². The normalized spacial score (nSPS) is 18.6. The second-order valence-corrected chi connectivity index (χ2v) is 4.19. The third-order valence-corrected chi connectivity index (χ3v) is 3.31. The average molecular weight is 221 g/mol. The molecule has 0 unspecified atom stereocenters. The molecule has 0 aromatic carbocycles. The number of aromatic nitrogens is 2. The summed E-state index contributed by atoms with van der Waals surface area (Å²) < 4.78 is 5.01. The van der Waals surface area contributed by atoms with Gasteiger partial charge in [0.05, 0.1) is 25.2 Å². The van der Waals surface area contributed by atoms with Gasteiger partial charge in [0.1, 0.15) is 0 Å². The molecular weight excluding hydrogens is 202 g/mol. The number of ether oxygens (including phenoxy) is 1. The minimum absolute atomic E-state index is 0.571. The highest BCUT2D eigenvalue weighted by Gasteiger charge is 2.20. The maximum absolute atomic E-state index is 5.01. The van der Waals surface area contributed by atoms with E-state index in [9.17, 15) is 0 Å². The fraction of sp³-hybridized carbons (Fsp3) is 0.667. The van der Waals surface area contributed by atoms with Crippen molar-refractivity contribution in [2.75, 3.05) is 26.7 Å². The summed E-state index contributed by atoms with van der Waals surface area (Å²) in [5.74, 6) is 1.16. The van der Waals surface area contributed by atoms with Crippen LogP contribution in [0.4, 0.5) is 0 Å². The lowest BCUT2D eigenvalue weighted by Gasteiger charge is -2.30. The molecule has 16 heavy (non-hydrogen) atoms. The topological polar surface area (TPSA) is 38.2 Å². The Kier molecular flexibility index (Phi) is 3.72. The predicted molar refractivity (Wildman–Crippen MR) is 62.7 cm³/mol. The molecule has 0 bridgehead atoms. The van der Waals surface area contributed by atoms with Crippen molar-refractivity contribution >= 4 is 0 Å². The number of methoxy groups -OCH3 is 1. The number of likely N-dealkylation sites (tertiary alicyclic amines) is 1. The van der Waals surface area contributed by atoms with Gasteiger partial charge >= 0.3 is 0 Å². The van der Waals surface area contributed by atoms with Gasteiger partial charge in [0.15, 0.2) is 0 Å². The molecule has 0 atom stereocenters. The Morgan fingerprint density at radius 2 is 2.06 bits per heavy atom. The van der Waals surface area contributed by atoms with Crippen LogP contribution in [0.1, 0.15) is 31.4 Å². The van der Waals surface area contributed by atoms with Gasteiger partial charge < -0.3 is 9.64 Å². The van der Waals surface area contributed by atoms with E-state index in [0.29, 0.717) is 11.8 Å². The molecule has 1 aromatic rings. The molecule has 4 nitrogen and oxygen atoms in total. The maximum atomic E-state index is 5.01. The standard InChI is InChI=1S/C12H19N3O/c1-3-15-6-4-10(5-7-15)11-8-14-12(16-2)9-13-11/h8-10H,3-7H2,1-2H3. The van der Waals surface area contributed by atoms with Crippen molar-refractivity contribution in [2.24, 2.45) is 0 Å². The van der Waals surface area contributed by atoms with E-state index in [0.717, 1.165) is 12.2 Å². The van der Waals surface area contributed by atoms with Crippen LogP contribution in [-0.4, -0.2) is 41.6 Å². The quantitative estimate of drug-likeness (QED) is 0.778. The predicted octanol–water partition coefficient (Wildman–Crippen LogP) is 1.68. The molecule has 1 saturated heterocycles. The smallest absolute Gasteiger partial charge is 0.231 e. The summed E-state index contributed by atoms with van der Waals surface area (Å²) >= 11 is 0. The molecule has 1 aliphatic heterocycles. The van der Waals surface area contributed by atoms with Crippen molar-refractivity contribution in [3.8, 4) is 5.88 Å². The van der Waals surface area contributed by atoms with Gasteiger partial charge in [-0.3, -0.25) is 4.98 Å². The molecule has 0 saturated carbocycles. The van der Waals surface area contributed by atoms with Gasteiger partial charge in [0.2, 0.25) is 5.88 Å². The monoisotopic (exact) mass is 221 g/mol. The molecule has 0 aliphatic carbocycles. The Balaban J connectivity index is 1.97. The third-order valence-electron chi connectivity index (χ3n) is 3.31. The van der Waals surface area contributed by atoms with Gasteiger partial charge in [-0.25, -0.2) is 4.98 Å². The van der Waals surface area contributed by atoms with Gasteiger partial charge in [-0.1, -0.05) is 6.92 Å². The van der Waals surface area contributed by atoms with Crippen LogP contribution in [0, 0.1) is 0 Å². The van der Waals surface area contributed by atoms with Gasteiger partial charge in [0, 0.05) is 5.92 Å². The highest BCUT2D eigenvalue weighted by atomic mass is 16.5. The second-order valence-electron chi connectivity index (χ2n) is 4.19. The molecule has 0 N–H and O–H groups in total. The fourth-order valence-electron chi connectivity index (χ4n) is 2.19. The van der Waals surface area contributed by atoms with Crippen LogP contribution in [0.3, 0.4) is 0 Å². The number of nitrogens with zero attached hydrogens (tertiary/aromatic N) is 3. The Bertz CT molecular complexity index is 318. The van der Waals surface area contributed by atoms with Crippen LogP contribution < -0.4 is 4.74 Å². The zero-order valence-electron chi connectivity index (χ0n) is 10.0. The van der Waals surface area contributed by atoms with E-state index in [2.05, 4.69) is 21.8 Å². The van der Waals surface area contributed by atoms with Crippen molar-refractivity contribution < 1.29 is 4.74 Å². The first-order valence-corrected chi connectivity index (χ1v) is 5.91. The molecule has 1 aliphatic rings. The zero-order chi connectivity index (χ0) is 11.4.